The summed E-state index contributed by atoms with van der Waals surface area (Å²) in [4.78, 5) is 0. The molecule has 4 atom stereocenters. The van der Waals surface area contributed by atoms with E-state index in [4.69, 9.17) is 5.84 Å². The standard InChI is InChI=1S/C16H34N2/c1-4-7-8-13(5-2)12-16(18-17)15-10-9-14(6-3)11-15/h13-16,18H,4-12,17H2,1-3H3. The van der Waals surface area contributed by atoms with E-state index in [0.29, 0.717) is 6.04 Å². The van der Waals surface area contributed by atoms with Gasteiger partial charge in [-0.15, -0.1) is 0 Å². The zero-order chi connectivity index (χ0) is 13.4. The highest BCUT2D eigenvalue weighted by Gasteiger charge is 2.30. The molecule has 0 aromatic heterocycles. The van der Waals surface area contributed by atoms with Gasteiger partial charge >= 0.3 is 0 Å². The lowest BCUT2D eigenvalue weighted by molar-refractivity contribution is 0.274. The highest BCUT2D eigenvalue weighted by atomic mass is 15.2. The lowest BCUT2D eigenvalue weighted by Crippen LogP contribution is -2.41. The number of unbranched alkanes of at least 4 members (excludes halogenated alkanes) is 1. The van der Waals surface area contributed by atoms with Crippen LogP contribution >= 0.6 is 0 Å². The molecule has 1 aliphatic carbocycles. The number of hydrazine groups is 1. The lowest BCUT2D eigenvalue weighted by atomic mass is 9.85. The molecule has 2 heteroatoms. The molecule has 0 aromatic rings. The second kappa shape index (κ2) is 8.92. The molecule has 0 heterocycles. The first-order valence-electron chi connectivity index (χ1n) is 8.21. The van der Waals surface area contributed by atoms with Crippen molar-refractivity contribution in [2.24, 2.45) is 23.6 Å². The fraction of sp³-hybridized carbons (Fsp3) is 1.00. The van der Waals surface area contributed by atoms with Gasteiger partial charge in [0.05, 0.1) is 0 Å². The molecule has 3 N–H and O–H groups in total. The molecule has 0 aliphatic heterocycles. The predicted molar refractivity (Wildman–Crippen MR) is 80.2 cm³/mol. The number of hydrogen-bond acceptors (Lipinski definition) is 2. The first-order chi connectivity index (χ1) is 8.74. The van der Waals surface area contributed by atoms with Gasteiger partial charge in [-0.2, -0.15) is 0 Å². The minimum Gasteiger partial charge on any atom is -0.271 e. The summed E-state index contributed by atoms with van der Waals surface area (Å²) in [7, 11) is 0. The van der Waals surface area contributed by atoms with Crippen molar-refractivity contribution < 1.29 is 0 Å². The molecule has 108 valence electrons. The van der Waals surface area contributed by atoms with Crippen LogP contribution in [0.5, 0.6) is 0 Å². The Bertz CT molecular complexity index is 205. The number of nitrogens with one attached hydrogen (secondary N) is 1. The van der Waals surface area contributed by atoms with Gasteiger partial charge < -0.3 is 0 Å². The Labute approximate surface area is 114 Å². The summed E-state index contributed by atoms with van der Waals surface area (Å²) in [6, 6.07) is 0.559. The summed E-state index contributed by atoms with van der Waals surface area (Å²) in [6.45, 7) is 6.94. The molecule has 0 bridgehead atoms. The third-order valence-electron chi connectivity index (χ3n) is 5.07. The van der Waals surface area contributed by atoms with E-state index < -0.39 is 0 Å². The third kappa shape index (κ3) is 4.89. The molecular formula is C16H34N2. The van der Waals surface area contributed by atoms with Crippen LogP contribution in [0.4, 0.5) is 0 Å². The van der Waals surface area contributed by atoms with Gasteiger partial charge in [-0.1, -0.05) is 59.3 Å². The maximum Gasteiger partial charge on any atom is 0.0241 e. The van der Waals surface area contributed by atoms with Gasteiger partial charge in [0.1, 0.15) is 0 Å². The Balaban J connectivity index is 2.40. The van der Waals surface area contributed by atoms with E-state index in [9.17, 15) is 0 Å². The summed E-state index contributed by atoms with van der Waals surface area (Å²) in [6.07, 6.45) is 12.2. The van der Waals surface area contributed by atoms with Gasteiger partial charge in [0, 0.05) is 6.04 Å². The SMILES string of the molecule is CCCCC(CC)CC(NN)C1CCC(CC)C1. The van der Waals surface area contributed by atoms with Crippen molar-refractivity contribution in [1.82, 2.24) is 5.43 Å². The second-order valence-corrected chi connectivity index (χ2v) is 6.27. The summed E-state index contributed by atoms with van der Waals surface area (Å²) in [5, 5.41) is 0. The minimum atomic E-state index is 0.559. The smallest absolute Gasteiger partial charge is 0.0241 e. The zero-order valence-corrected chi connectivity index (χ0v) is 12.8. The van der Waals surface area contributed by atoms with E-state index >= 15 is 0 Å². The second-order valence-electron chi connectivity index (χ2n) is 6.27. The van der Waals surface area contributed by atoms with Gasteiger partial charge in [0.25, 0.3) is 0 Å². The highest BCUT2D eigenvalue weighted by molar-refractivity contribution is 4.84. The third-order valence-corrected chi connectivity index (χ3v) is 5.07. The number of hydrogen-bond donors (Lipinski definition) is 2. The van der Waals surface area contributed by atoms with Gasteiger partial charge in [-0.25, -0.2) is 0 Å². The van der Waals surface area contributed by atoms with Gasteiger partial charge in [-0.05, 0) is 37.0 Å². The summed E-state index contributed by atoms with van der Waals surface area (Å²) < 4.78 is 0. The molecule has 0 spiro atoms. The largest absolute Gasteiger partial charge is 0.271 e. The van der Waals surface area contributed by atoms with Crippen LogP contribution in [-0.4, -0.2) is 6.04 Å². The van der Waals surface area contributed by atoms with Gasteiger partial charge in [-0.3, -0.25) is 11.3 Å². The molecule has 0 radical (unpaired) electrons. The van der Waals surface area contributed by atoms with Crippen LogP contribution in [-0.2, 0) is 0 Å². The maximum atomic E-state index is 5.82. The molecule has 1 aliphatic rings. The van der Waals surface area contributed by atoms with E-state index in [2.05, 4.69) is 26.2 Å². The number of nitrogens with two attached hydrogens (primary N) is 1. The van der Waals surface area contributed by atoms with Crippen molar-refractivity contribution in [3.8, 4) is 0 Å². The molecule has 18 heavy (non-hydrogen) atoms. The van der Waals surface area contributed by atoms with Crippen molar-refractivity contribution in [1.29, 1.82) is 0 Å². The molecular weight excluding hydrogens is 220 g/mol. The monoisotopic (exact) mass is 254 g/mol. The average molecular weight is 254 g/mol. The van der Waals surface area contributed by atoms with Crippen LogP contribution in [0.1, 0.15) is 78.6 Å². The quantitative estimate of drug-likeness (QED) is 0.477. The number of rotatable bonds is 9. The molecule has 0 amide bonds. The summed E-state index contributed by atoms with van der Waals surface area (Å²) >= 11 is 0. The van der Waals surface area contributed by atoms with Crippen molar-refractivity contribution >= 4 is 0 Å². The van der Waals surface area contributed by atoms with E-state index in [-0.39, 0.29) is 0 Å². The molecule has 0 saturated heterocycles. The van der Waals surface area contributed by atoms with Crippen LogP contribution in [0, 0.1) is 17.8 Å². The van der Waals surface area contributed by atoms with E-state index in [1.165, 1.54) is 57.8 Å². The van der Waals surface area contributed by atoms with Crippen molar-refractivity contribution in [2.45, 2.75) is 84.6 Å². The van der Waals surface area contributed by atoms with E-state index in [0.717, 1.165) is 17.8 Å². The molecule has 2 nitrogen and oxygen atoms in total. The van der Waals surface area contributed by atoms with E-state index in [1.807, 2.05) is 0 Å². The van der Waals surface area contributed by atoms with Crippen molar-refractivity contribution in [3.63, 3.8) is 0 Å². The Morgan fingerprint density at radius 3 is 2.50 bits per heavy atom. The Hall–Kier alpha value is -0.0800. The van der Waals surface area contributed by atoms with Crippen molar-refractivity contribution in [2.75, 3.05) is 0 Å². The Kier molecular flexibility index (Phi) is 7.92. The first-order valence-corrected chi connectivity index (χ1v) is 8.21. The van der Waals surface area contributed by atoms with Gasteiger partial charge in [0.15, 0.2) is 0 Å². The van der Waals surface area contributed by atoms with Crippen LogP contribution in [0.3, 0.4) is 0 Å². The normalized spacial score (nSPS) is 27.3. The van der Waals surface area contributed by atoms with Gasteiger partial charge in [0.2, 0.25) is 0 Å². The topological polar surface area (TPSA) is 38.0 Å². The Morgan fingerprint density at radius 1 is 1.22 bits per heavy atom. The highest BCUT2D eigenvalue weighted by Crippen LogP contribution is 2.37. The maximum absolute atomic E-state index is 5.82. The summed E-state index contributed by atoms with van der Waals surface area (Å²) in [5.74, 6) is 8.48. The van der Waals surface area contributed by atoms with Crippen molar-refractivity contribution in [3.05, 3.63) is 0 Å². The molecule has 1 rings (SSSR count). The fourth-order valence-electron chi connectivity index (χ4n) is 3.59. The molecule has 0 aromatic carbocycles. The zero-order valence-electron chi connectivity index (χ0n) is 12.8. The van der Waals surface area contributed by atoms with Crippen LogP contribution in [0.15, 0.2) is 0 Å². The van der Waals surface area contributed by atoms with Crippen LogP contribution in [0.25, 0.3) is 0 Å². The minimum absolute atomic E-state index is 0.559. The molecule has 1 fully saturated rings. The average Bonchev–Trinajstić information content (AvgIpc) is 2.88. The molecule has 1 saturated carbocycles. The van der Waals surface area contributed by atoms with Crippen LogP contribution < -0.4 is 11.3 Å². The van der Waals surface area contributed by atoms with E-state index in [1.54, 1.807) is 0 Å². The predicted octanol–water partition coefficient (Wildman–Crippen LogP) is 4.25. The molecule has 4 unspecified atom stereocenters. The first kappa shape index (κ1) is 16.0. The fourth-order valence-corrected chi connectivity index (χ4v) is 3.59. The summed E-state index contributed by atoms with van der Waals surface area (Å²) in [5.41, 5.74) is 3.13. The Morgan fingerprint density at radius 2 is 2.00 bits per heavy atom. The van der Waals surface area contributed by atoms with Crippen LogP contribution in [0.2, 0.25) is 0 Å². The lowest BCUT2D eigenvalue weighted by Gasteiger charge is -2.27.